The third-order valence-corrected chi connectivity index (χ3v) is 4.70. The van der Waals surface area contributed by atoms with Gasteiger partial charge in [0.25, 0.3) is 0 Å². The number of hydrogen-bond acceptors (Lipinski definition) is 5. The van der Waals surface area contributed by atoms with Crippen LogP contribution in [0.2, 0.25) is 0 Å². The fourth-order valence-corrected chi connectivity index (χ4v) is 3.24. The van der Waals surface area contributed by atoms with Crippen molar-refractivity contribution in [1.29, 1.82) is 0 Å². The van der Waals surface area contributed by atoms with E-state index in [1.807, 2.05) is 39.1 Å². The van der Waals surface area contributed by atoms with E-state index in [4.69, 9.17) is 4.74 Å². The maximum atomic E-state index is 13.1. The van der Waals surface area contributed by atoms with Crippen LogP contribution in [0.15, 0.2) is 42.6 Å². The third kappa shape index (κ3) is 4.31. The first-order valence-corrected chi connectivity index (χ1v) is 9.64. The first kappa shape index (κ1) is 19.2. The van der Waals surface area contributed by atoms with E-state index < -0.39 is 5.60 Å². The van der Waals surface area contributed by atoms with Gasteiger partial charge in [0.2, 0.25) is 0 Å². The van der Waals surface area contributed by atoms with Crippen molar-refractivity contribution in [2.75, 3.05) is 31.1 Å². The molecule has 0 atom stereocenters. The summed E-state index contributed by atoms with van der Waals surface area (Å²) in [4.78, 5) is 20.6. The number of halogens is 1. The number of nitrogens with zero attached hydrogens (tertiary/aromatic N) is 5. The van der Waals surface area contributed by atoms with Crippen molar-refractivity contribution in [2.24, 2.45) is 0 Å². The number of fused-ring (bicyclic) bond motifs is 1. The molecule has 0 unspecified atom stereocenters. The summed E-state index contributed by atoms with van der Waals surface area (Å²) in [5, 5.41) is 4.66. The molecule has 1 fully saturated rings. The van der Waals surface area contributed by atoms with Crippen LogP contribution >= 0.6 is 0 Å². The zero-order valence-electron chi connectivity index (χ0n) is 16.8. The van der Waals surface area contributed by atoms with Gasteiger partial charge in [-0.2, -0.15) is 0 Å². The second-order valence-electron chi connectivity index (χ2n) is 8.08. The molecular formula is C21H24FN5O2. The van der Waals surface area contributed by atoms with Gasteiger partial charge in [0.05, 0.1) is 11.9 Å². The SMILES string of the molecule is CC(C)(C)OC(=O)N1CCN(c2ccc3nc(-c4ccc(F)cc4)cn3n2)CC1. The van der Waals surface area contributed by atoms with Gasteiger partial charge in [-0.1, -0.05) is 0 Å². The Balaban J connectivity index is 1.46. The van der Waals surface area contributed by atoms with E-state index in [9.17, 15) is 9.18 Å². The Morgan fingerprint density at radius 3 is 2.38 bits per heavy atom. The highest BCUT2D eigenvalue weighted by Gasteiger charge is 2.26. The third-order valence-electron chi connectivity index (χ3n) is 4.70. The second-order valence-corrected chi connectivity index (χ2v) is 8.08. The lowest BCUT2D eigenvalue weighted by Gasteiger charge is -2.36. The number of rotatable bonds is 2. The Hall–Kier alpha value is -3.16. The van der Waals surface area contributed by atoms with Crippen molar-refractivity contribution < 1.29 is 13.9 Å². The van der Waals surface area contributed by atoms with Gasteiger partial charge in [0.15, 0.2) is 5.65 Å². The van der Waals surface area contributed by atoms with Crippen molar-refractivity contribution in [3.8, 4) is 11.3 Å². The predicted molar refractivity (Wildman–Crippen MR) is 108 cm³/mol. The number of carbonyl (C=O) groups excluding carboxylic acids is 1. The van der Waals surface area contributed by atoms with E-state index in [0.717, 1.165) is 22.7 Å². The normalized spacial score (nSPS) is 15.0. The molecule has 8 heteroatoms. The van der Waals surface area contributed by atoms with Crippen LogP contribution in [0, 0.1) is 5.82 Å². The Labute approximate surface area is 168 Å². The van der Waals surface area contributed by atoms with Gasteiger partial charge < -0.3 is 14.5 Å². The number of imidazole rings is 1. The molecule has 3 heterocycles. The molecule has 0 aliphatic carbocycles. The largest absolute Gasteiger partial charge is 0.444 e. The van der Waals surface area contributed by atoms with Crippen LogP contribution < -0.4 is 4.90 Å². The monoisotopic (exact) mass is 397 g/mol. The number of benzene rings is 1. The van der Waals surface area contributed by atoms with E-state index in [1.54, 1.807) is 21.5 Å². The van der Waals surface area contributed by atoms with Gasteiger partial charge >= 0.3 is 6.09 Å². The van der Waals surface area contributed by atoms with Gasteiger partial charge in [0, 0.05) is 31.7 Å². The van der Waals surface area contributed by atoms with Crippen LogP contribution in [-0.2, 0) is 4.74 Å². The Kier molecular flexibility index (Phi) is 4.86. The maximum Gasteiger partial charge on any atom is 0.410 e. The van der Waals surface area contributed by atoms with E-state index in [2.05, 4.69) is 15.0 Å². The van der Waals surface area contributed by atoms with Gasteiger partial charge in [0.1, 0.15) is 17.2 Å². The lowest BCUT2D eigenvalue weighted by atomic mass is 10.2. The number of piperazine rings is 1. The zero-order valence-corrected chi connectivity index (χ0v) is 16.8. The van der Waals surface area contributed by atoms with E-state index >= 15 is 0 Å². The quantitative estimate of drug-likeness (QED) is 0.661. The molecular weight excluding hydrogens is 373 g/mol. The summed E-state index contributed by atoms with van der Waals surface area (Å²) in [5.41, 5.74) is 1.80. The van der Waals surface area contributed by atoms with E-state index in [-0.39, 0.29) is 11.9 Å². The molecule has 0 saturated carbocycles. The molecule has 4 rings (SSSR count). The summed E-state index contributed by atoms with van der Waals surface area (Å²) in [6.07, 6.45) is 1.56. The van der Waals surface area contributed by atoms with E-state index in [0.29, 0.717) is 26.2 Å². The zero-order chi connectivity index (χ0) is 20.6. The average molecular weight is 397 g/mol. The summed E-state index contributed by atoms with van der Waals surface area (Å²) < 4.78 is 20.3. The number of ether oxygens (including phenoxy) is 1. The van der Waals surface area contributed by atoms with Crippen molar-refractivity contribution >= 4 is 17.6 Å². The van der Waals surface area contributed by atoms with Crippen LogP contribution in [0.5, 0.6) is 0 Å². The first-order valence-electron chi connectivity index (χ1n) is 9.64. The fourth-order valence-electron chi connectivity index (χ4n) is 3.24. The molecule has 1 amide bonds. The summed E-state index contributed by atoms with van der Waals surface area (Å²) in [6, 6.07) is 10.1. The standard InChI is InChI=1S/C21H24FN5O2/c1-21(2,3)29-20(28)26-12-10-25(11-13-26)19-9-8-18-23-17(14-27(18)24-19)15-4-6-16(22)7-5-15/h4-9,14H,10-13H2,1-3H3. The fraction of sp³-hybridized carbons (Fsp3) is 0.381. The van der Waals surface area contributed by atoms with Crippen LogP contribution in [-0.4, -0.2) is 57.4 Å². The highest BCUT2D eigenvalue weighted by molar-refractivity contribution is 5.68. The lowest BCUT2D eigenvalue weighted by Crippen LogP contribution is -2.50. The number of anilines is 1. The Morgan fingerprint density at radius 2 is 1.72 bits per heavy atom. The minimum atomic E-state index is -0.496. The average Bonchev–Trinajstić information content (AvgIpc) is 3.10. The smallest absolute Gasteiger partial charge is 0.410 e. The van der Waals surface area contributed by atoms with Crippen molar-refractivity contribution in [1.82, 2.24) is 19.5 Å². The molecule has 0 spiro atoms. The Morgan fingerprint density at radius 1 is 1.03 bits per heavy atom. The predicted octanol–water partition coefficient (Wildman–Crippen LogP) is 3.59. The van der Waals surface area contributed by atoms with Gasteiger partial charge in [-0.25, -0.2) is 18.7 Å². The molecule has 1 aromatic carbocycles. The summed E-state index contributed by atoms with van der Waals surface area (Å²) in [5.74, 6) is 0.549. The molecule has 152 valence electrons. The highest BCUT2D eigenvalue weighted by atomic mass is 19.1. The molecule has 1 saturated heterocycles. The van der Waals surface area contributed by atoms with Gasteiger partial charge in [-0.15, -0.1) is 5.10 Å². The molecule has 1 aliphatic heterocycles. The second kappa shape index (κ2) is 7.35. The van der Waals surface area contributed by atoms with Crippen molar-refractivity contribution in [3.63, 3.8) is 0 Å². The molecule has 0 bridgehead atoms. The number of amides is 1. The minimum Gasteiger partial charge on any atom is -0.444 e. The van der Waals surface area contributed by atoms with Crippen LogP contribution in [0.1, 0.15) is 20.8 Å². The summed E-state index contributed by atoms with van der Waals surface area (Å²) in [6.45, 7) is 8.12. The highest BCUT2D eigenvalue weighted by Crippen LogP contribution is 2.21. The molecule has 0 radical (unpaired) electrons. The number of carbonyl (C=O) groups is 1. The summed E-state index contributed by atoms with van der Waals surface area (Å²) in [7, 11) is 0. The molecule has 7 nitrogen and oxygen atoms in total. The molecule has 29 heavy (non-hydrogen) atoms. The first-order chi connectivity index (χ1) is 13.8. The van der Waals surface area contributed by atoms with Crippen molar-refractivity contribution in [2.45, 2.75) is 26.4 Å². The van der Waals surface area contributed by atoms with Gasteiger partial charge in [-0.3, -0.25) is 0 Å². The van der Waals surface area contributed by atoms with Crippen LogP contribution in [0.25, 0.3) is 16.9 Å². The topological polar surface area (TPSA) is 63.0 Å². The molecule has 1 aliphatic rings. The lowest BCUT2D eigenvalue weighted by molar-refractivity contribution is 0.0240. The molecule has 0 N–H and O–H groups in total. The van der Waals surface area contributed by atoms with E-state index in [1.165, 1.54) is 12.1 Å². The van der Waals surface area contributed by atoms with Crippen molar-refractivity contribution in [3.05, 3.63) is 48.4 Å². The van der Waals surface area contributed by atoms with Gasteiger partial charge in [-0.05, 0) is 57.2 Å². The van der Waals surface area contributed by atoms with Crippen LogP contribution in [0.4, 0.5) is 15.0 Å². The summed E-state index contributed by atoms with van der Waals surface area (Å²) >= 11 is 0. The Bertz CT molecular complexity index is 1020. The number of hydrogen-bond donors (Lipinski definition) is 0. The molecule has 3 aromatic rings. The maximum absolute atomic E-state index is 13.1. The minimum absolute atomic E-state index is 0.275. The molecule has 2 aromatic heterocycles. The van der Waals surface area contributed by atoms with Crippen LogP contribution in [0.3, 0.4) is 0 Å². The number of aromatic nitrogens is 3.